The summed E-state index contributed by atoms with van der Waals surface area (Å²) in [5.41, 5.74) is 0.334. The number of nitrogens with one attached hydrogen (secondary N) is 1. The van der Waals surface area contributed by atoms with E-state index in [0.29, 0.717) is 4.90 Å². The summed E-state index contributed by atoms with van der Waals surface area (Å²) in [5, 5.41) is 13.3. The van der Waals surface area contributed by atoms with Crippen LogP contribution in [0.1, 0.15) is 23.2 Å². The molecule has 1 aliphatic rings. The van der Waals surface area contributed by atoms with Crippen LogP contribution in [0.25, 0.3) is 0 Å². The van der Waals surface area contributed by atoms with Gasteiger partial charge in [0.05, 0.1) is 16.2 Å². The number of esters is 1. The Kier molecular flexibility index (Phi) is 7.60. The van der Waals surface area contributed by atoms with Crippen molar-refractivity contribution in [3.05, 3.63) is 64.2 Å². The molecule has 0 spiro atoms. The van der Waals surface area contributed by atoms with Gasteiger partial charge in [-0.2, -0.15) is 0 Å². The highest BCUT2D eigenvalue weighted by Crippen LogP contribution is 2.24. The van der Waals surface area contributed by atoms with E-state index in [0.717, 1.165) is 25.9 Å². The number of nitro benzene ring substituents is 1. The number of nitrogens with zero attached hydrogens (tertiary/aromatic N) is 2. The van der Waals surface area contributed by atoms with Gasteiger partial charge in [-0.1, -0.05) is 18.2 Å². The van der Waals surface area contributed by atoms with Gasteiger partial charge in [0.15, 0.2) is 6.61 Å². The molecule has 1 fully saturated rings. The number of carbonyl (C=O) groups is 3. The van der Waals surface area contributed by atoms with Crippen molar-refractivity contribution in [3.63, 3.8) is 0 Å². The molecule has 162 valence electrons. The van der Waals surface area contributed by atoms with Crippen molar-refractivity contribution in [1.82, 2.24) is 4.90 Å². The van der Waals surface area contributed by atoms with Crippen LogP contribution in [0.15, 0.2) is 53.4 Å². The zero-order valence-corrected chi connectivity index (χ0v) is 17.4. The normalized spacial score (nSPS) is 13.0. The number of ether oxygens (including phenoxy) is 1. The van der Waals surface area contributed by atoms with Gasteiger partial charge in [-0.05, 0) is 31.0 Å². The Morgan fingerprint density at radius 2 is 1.84 bits per heavy atom. The number of thioether (sulfide) groups is 1. The Morgan fingerprint density at radius 3 is 2.58 bits per heavy atom. The lowest BCUT2D eigenvalue weighted by Gasteiger charge is -2.15. The van der Waals surface area contributed by atoms with Crippen LogP contribution in [0.4, 0.5) is 11.4 Å². The molecule has 0 aliphatic carbocycles. The number of non-ortho nitro benzene ring substituents is 1. The van der Waals surface area contributed by atoms with Crippen LogP contribution >= 0.6 is 11.8 Å². The van der Waals surface area contributed by atoms with E-state index in [4.69, 9.17) is 4.74 Å². The first-order valence-electron chi connectivity index (χ1n) is 9.65. The zero-order chi connectivity index (χ0) is 22.2. The second-order valence-corrected chi connectivity index (χ2v) is 7.82. The monoisotopic (exact) mass is 443 g/mol. The van der Waals surface area contributed by atoms with Crippen LogP contribution in [0.2, 0.25) is 0 Å². The quantitative estimate of drug-likeness (QED) is 0.288. The molecule has 0 aromatic heterocycles. The number of likely N-dealkylation sites (tertiary alicyclic amines) is 1. The fourth-order valence-electron chi connectivity index (χ4n) is 3.06. The first-order chi connectivity index (χ1) is 14.9. The smallest absolute Gasteiger partial charge is 0.339 e. The molecule has 0 atom stereocenters. The summed E-state index contributed by atoms with van der Waals surface area (Å²) >= 11 is 1.26. The molecular weight excluding hydrogens is 422 g/mol. The van der Waals surface area contributed by atoms with Crippen LogP contribution in [0.5, 0.6) is 0 Å². The number of hydrogen-bond donors (Lipinski definition) is 1. The van der Waals surface area contributed by atoms with Gasteiger partial charge < -0.3 is 15.0 Å². The third-order valence-electron chi connectivity index (χ3n) is 4.59. The molecule has 9 nitrogen and oxygen atoms in total. The number of hydrogen-bond acceptors (Lipinski definition) is 7. The van der Waals surface area contributed by atoms with Gasteiger partial charge in [-0.3, -0.25) is 19.7 Å². The fraction of sp³-hybridized carbons (Fsp3) is 0.286. The standard InChI is InChI=1S/C21H21N3O6S/c25-19(22-15-6-5-7-16(12-15)24(28)29)13-30-21(27)17-8-1-2-9-18(17)31-14-20(26)23-10-3-4-11-23/h1-2,5-9,12H,3-4,10-11,13-14H2,(H,22,25). The van der Waals surface area contributed by atoms with Gasteiger partial charge in [0.25, 0.3) is 11.6 Å². The summed E-state index contributed by atoms with van der Waals surface area (Å²) in [6.45, 7) is 0.985. The van der Waals surface area contributed by atoms with Crippen LogP contribution in [-0.2, 0) is 14.3 Å². The van der Waals surface area contributed by atoms with Crippen molar-refractivity contribution >= 4 is 40.9 Å². The fourth-order valence-corrected chi connectivity index (χ4v) is 4.00. The number of rotatable bonds is 8. The van der Waals surface area contributed by atoms with Crippen LogP contribution < -0.4 is 5.32 Å². The topological polar surface area (TPSA) is 119 Å². The van der Waals surface area contributed by atoms with E-state index in [1.165, 1.54) is 36.0 Å². The van der Waals surface area contributed by atoms with E-state index in [-0.39, 0.29) is 28.6 Å². The predicted octanol–water partition coefficient (Wildman–Crippen LogP) is 3.10. The Hall–Kier alpha value is -3.40. The minimum absolute atomic E-state index is 0.0296. The molecule has 1 heterocycles. The Bertz CT molecular complexity index is 991. The van der Waals surface area contributed by atoms with Crippen molar-refractivity contribution in [1.29, 1.82) is 0 Å². The van der Waals surface area contributed by atoms with Gasteiger partial charge in [0, 0.05) is 35.8 Å². The van der Waals surface area contributed by atoms with Crippen LogP contribution in [0.3, 0.4) is 0 Å². The van der Waals surface area contributed by atoms with E-state index in [1.54, 1.807) is 24.3 Å². The Labute approximate surface area is 182 Å². The number of carbonyl (C=O) groups excluding carboxylic acids is 3. The number of nitro groups is 1. The highest BCUT2D eigenvalue weighted by molar-refractivity contribution is 8.00. The molecular formula is C21H21N3O6S. The molecule has 0 unspecified atom stereocenters. The van der Waals surface area contributed by atoms with Gasteiger partial charge in [-0.15, -0.1) is 11.8 Å². The highest BCUT2D eigenvalue weighted by atomic mass is 32.2. The third kappa shape index (κ3) is 6.29. The summed E-state index contributed by atoms with van der Waals surface area (Å²) in [6.07, 6.45) is 2.02. The first-order valence-corrected chi connectivity index (χ1v) is 10.6. The summed E-state index contributed by atoms with van der Waals surface area (Å²) in [7, 11) is 0. The molecule has 3 rings (SSSR count). The molecule has 0 bridgehead atoms. The lowest BCUT2D eigenvalue weighted by atomic mass is 10.2. The lowest BCUT2D eigenvalue weighted by Crippen LogP contribution is -2.29. The molecule has 2 aromatic rings. The second-order valence-electron chi connectivity index (χ2n) is 6.80. The molecule has 1 N–H and O–H groups in total. The van der Waals surface area contributed by atoms with Crippen molar-refractivity contribution in [2.24, 2.45) is 0 Å². The largest absolute Gasteiger partial charge is 0.452 e. The van der Waals surface area contributed by atoms with Gasteiger partial charge in [0.1, 0.15) is 0 Å². The third-order valence-corrected chi connectivity index (χ3v) is 5.65. The molecule has 31 heavy (non-hydrogen) atoms. The summed E-state index contributed by atoms with van der Waals surface area (Å²) in [4.78, 5) is 49.4. The van der Waals surface area contributed by atoms with Gasteiger partial charge in [0.2, 0.25) is 5.91 Å². The van der Waals surface area contributed by atoms with Crippen molar-refractivity contribution < 1.29 is 24.0 Å². The minimum Gasteiger partial charge on any atom is -0.452 e. The predicted molar refractivity (Wildman–Crippen MR) is 115 cm³/mol. The molecule has 2 amide bonds. The van der Waals surface area contributed by atoms with Gasteiger partial charge in [-0.25, -0.2) is 4.79 Å². The molecule has 1 saturated heterocycles. The van der Waals surface area contributed by atoms with Crippen molar-refractivity contribution in [2.45, 2.75) is 17.7 Å². The van der Waals surface area contributed by atoms with E-state index < -0.39 is 23.4 Å². The summed E-state index contributed by atoms with van der Waals surface area (Å²) < 4.78 is 5.09. The summed E-state index contributed by atoms with van der Waals surface area (Å²) in [5.74, 6) is -1.06. The van der Waals surface area contributed by atoms with Crippen LogP contribution in [-0.4, -0.2) is 53.1 Å². The molecule has 0 saturated carbocycles. The molecule has 2 aromatic carbocycles. The highest BCUT2D eigenvalue weighted by Gasteiger charge is 2.20. The SMILES string of the molecule is O=C(COC(=O)c1ccccc1SCC(=O)N1CCCC1)Nc1cccc([N+](=O)[O-])c1. The molecule has 0 radical (unpaired) electrons. The van der Waals surface area contributed by atoms with E-state index in [1.807, 2.05) is 4.90 Å². The van der Waals surface area contributed by atoms with Crippen molar-refractivity contribution in [2.75, 3.05) is 30.8 Å². The van der Waals surface area contributed by atoms with E-state index >= 15 is 0 Å². The maximum absolute atomic E-state index is 12.5. The van der Waals surface area contributed by atoms with E-state index in [2.05, 4.69) is 5.32 Å². The lowest BCUT2D eigenvalue weighted by molar-refractivity contribution is -0.384. The molecule has 1 aliphatic heterocycles. The zero-order valence-electron chi connectivity index (χ0n) is 16.6. The second kappa shape index (κ2) is 10.6. The average Bonchev–Trinajstić information content (AvgIpc) is 3.31. The van der Waals surface area contributed by atoms with Crippen molar-refractivity contribution in [3.8, 4) is 0 Å². The maximum Gasteiger partial charge on any atom is 0.339 e. The first kappa shape index (κ1) is 22.3. The molecule has 10 heteroatoms. The van der Waals surface area contributed by atoms with E-state index in [9.17, 15) is 24.5 Å². The number of amides is 2. The number of anilines is 1. The summed E-state index contributed by atoms with van der Waals surface area (Å²) in [6, 6.07) is 12.2. The average molecular weight is 443 g/mol. The maximum atomic E-state index is 12.5. The van der Waals surface area contributed by atoms with Crippen LogP contribution in [0, 0.1) is 10.1 Å². The van der Waals surface area contributed by atoms with Gasteiger partial charge >= 0.3 is 5.97 Å². The Morgan fingerprint density at radius 1 is 1.10 bits per heavy atom. The number of benzene rings is 2. The Balaban J connectivity index is 1.54. The minimum atomic E-state index is -0.689.